The Bertz CT molecular complexity index is 706. The molecule has 0 fully saturated rings. The molecule has 0 saturated heterocycles. The average molecular weight is 301 g/mol. The minimum atomic E-state index is -4.00. The maximum Gasteiger partial charge on any atom is 0.266 e. The summed E-state index contributed by atoms with van der Waals surface area (Å²) >= 11 is 1.20. The van der Waals surface area contributed by atoms with Gasteiger partial charge in [-0.05, 0) is 32.0 Å². The number of nitrogen functional groups attached to an aromatic ring is 1. The molecule has 0 radical (unpaired) electrons. The summed E-state index contributed by atoms with van der Waals surface area (Å²) in [6.07, 6.45) is 0. The van der Waals surface area contributed by atoms with E-state index in [0.29, 0.717) is 0 Å². The maximum absolute atomic E-state index is 13.6. The van der Waals surface area contributed by atoms with Crippen LogP contribution in [0.2, 0.25) is 0 Å². The van der Waals surface area contributed by atoms with E-state index in [4.69, 9.17) is 5.73 Å². The van der Waals surface area contributed by atoms with Crippen LogP contribution in [0.3, 0.4) is 0 Å². The Morgan fingerprint density at radius 2 is 2.05 bits per heavy atom. The molecule has 2 aromatic rings. The first-order valence-electron chi connectivity index (χ1n) is 5.31. The normalized spacial score (nSPS) is 11.5. The van der Waals surface area contributed by atoms with E-state index in [9.17, 15) is 12.8 Å². The van der Waals surface area contributed by atoms with Crippen LogP contribution in [0, 0.1) is 19.7 Å². The topological polar surface area (TPSA) is 85.1 Å². The smallest absolute Gasteiger partial charge is 0.266 e. The van der Waals surface area contributed by atoms with Gasteiger partial charge in [0.2, 0.25) is 0 Å². The lowest BCUT2D eigenvalue weighted by atomic mass is 10.3. The van der Waals surface area contributed by atoms with Gasteiger partial charge in [-0.3, -0.25) is 4.72 Å². The van der Waals surface area contributed by atoms with E-state index < -0.39 is 20.7 Å². The van der Waals surface area contributed by atoms with Gasteiger partial charge in [-0.2, -0.15) is 0 Å². The van der Waals surface area contributed by atoms with Gasteiger partial charge in [0.1, 0.15) is 10.7 Å². The number of rotatable bonds is 3. The monoisotopic (exact) mass is 301 g/mol. The molecular formula is C11H12FN3O2S2. The van der Waals surface area contributed by atoms with Crippen molar-refractivity contribution in [2.75, 3.05) is 10.5 Å². The van der Waals surface area contributed by atoms with Gasteiger partial charge >= 0.3 is 0 Å². The number of benzene rings is 1. The Balaban J connectivity index is 2.37. The molecule has 0 aliphatic heterocycles. The van der Waals surface area contributed by atoms with Crippen molar-refractivity contribution in [2.24, 2.45) is 0 Å². The number of aryl methyl sites for hydroxylation is 2. The highest BCUT2D eigenvalue weighted by Gasteiger charge is 2.20. The Hall–Kier alpha value is -1.67. The van der Waals surface area contributed by atoms with Crippen LogP contribution in [0.15, 0.2) is 23.1 Å². The fraction of sp³-hybridized carbons (Fsp3) is 0.182. The van der Waals surface area contributed by atoms with E-state index in [1.165, 1.54) is 17.4 Å². The number of sulfonamides is 1. The molecule has 0 aliphatic carbocycles. The van der Waals surface area contributed by atoms with E-state index >= 15 is 0 Å². The number of anilines is 2. The fourth-order valence-corrected chi connectivity index (χ4v) is 3.53. The predicted molar refractivity (Wildman–Crippen MR) is 73.2 cm³/mol. The number of halogens is 1. The third-order valence-electron chi connectivity index (χ3n) is 2.50. The average Bonchev–Trinajstić information content (AvgIpc) is 2.56. The van der Waals surface area contributed by atoms with Crippen molar-refractivity contribution in [3.05, 3.63) is 34.6 Å². The van der Waals surface area contributed by atoms with E-state index in [0.717, 1.165) is 22.7 Å². The minimum absolute atomic E-state index is 0.164. The van der Waals surface area contributed by atoms with Gasteiger partial charge in [-0.1, -0.05) is 0 Å². The van der Waals surface area contributed by atoms with Crippen LogP contribution >= 0.6 is 11.3 Å². The molecule has 0 aliphatic rings. The first kappa shape index (κ1) is 13.8. The molecule has 0 atom stereocenters. The number of aromatic nitrogens is 1. The zero-order valence-corrected chi connectivity index (χ0v) is 11.9. The second kappa shape index (κ2) is 4.78. The molecule has 1 heterocycles. The second-order valence-corrected chi connectivity index (χ2v) is 6.81. The van der Waals surface area contributed by atoms with E-state index in [1.807, 2.05) is 6.92 Å². The van der Waals surface area contributed by atoms with Crippen molar-refractivity contribution in [1.29, 1.82) is 0 Å². The number of thiazole rings is 1. The molecule has 1 aromatic carbocycles. The van der Waals surface area contributed by atoms with Crippen LogP contribution in [-0.4, -0.2) is 13.4 Å². The summed E-state index contributed by atoms with van der Waals surface area (Å²) in [6.45, 7) is 3.60. The molecule has 0 saturated carbocycles. The molecule has 0 bridgehead atoms. The SMILES string of the molecule is Cc1nc(NS(=O)(=O)c2ccc(N)cc2F)sc1C. The largest absolute Gasteiger partial charge is 0.399 e. The standard InChI is InChI=1S/C11H12FN3O2S2/c1-6-7(2)18-11(14-6)15-19(16,17)10-4-3-8(13)5-9(10)12/h3-5H,13H2,1-2H3,(H,14,15). The Kier molecular flexibility index (Phi) is 3.46. The highest BCUT2D eigenvalue weighted by molar-refractivity contribution is 7.93. The van der Waals surface area contributed by atoms with Crippen LogP contribution < -0.4 is 10.5 Å². The molecule has 19 heavy (non-hydrogen) atoms. The first-order valence-corrected chi connectivity index (χ1v) is 7.61. The molecule has 2 rings (SSSR count). The van der Waals surface area contributed by atoms with Crippen LogP contribution in [-0.2, 0) is 10.0 Å². The predicted octanol–water partition coefficient (Wildman–Crippen LogP) is 2.28. The lowest BCUT2D eigenvalue weighted by Gasteiger charge is -2.06. The van der Waals surface area contributed by atoms with Gasteiger partial charge < -0.3 is 5.73 Å². The van der Waals surface area contributed by atoms with Crippen LogP contribution in [0.5, 0.6) is 0 Å². The van der Waals surface area contributed by atoms with Gasteiger partial charge in [0, 0.05) is 10.6 Å². The van der Waals surface area contributed by atoms with Crippen molar-refractivity contribution in [3.63, 3.8) is 0 Å². The molecular weight excluding hydrogens is 289 g/mol. The van der Waals surface area contributed by atoms with Crippen LogP contribution in [0.4, 0.5) is 15.2 Å². The van der Waals surface area contributed by atoms with Gasteiger partial charge in [0.05, 0.1) is 5.69 Å². The minimum Gasteiger partial charge on any atom is -0.399 e. The summed E-state index contributed by atoms with van der Waals surface area (Å²) < 4.78 is 39.9. The van der Waals surface area contributed by atoms with Gasteiger partial charge in [-0.15, -0.1) is 11.3 Å². The molecule has 0 spiro atoms. The van der Waals surface area contributed by atoms with Gasteiger partial charge in [-0.25, -0.2) is 17.8 Å². The summed E-state index contributed by atoms with van der Waals surface area (Å²) in [5.74, 6) is -0.891. The quantitative estimate of drug-likeness (QED) is 0.852. The Morgan fingerprint density at radius 3 is 2.58 bits per heavy atom. The first-order chi connectivity index (χ1) is 8.79. The fourth-order valence-electron chi connectivity index (χ4n) is 1.42. The third-order valence-corrected chi connectivity index (χ3v) is 4.99. The molecule has 102 valence electrons. The zero-order chi connectivity index (χ0) is 14.2. The number of nitrogens with one attached hydrogen (secondary N) is 1. The zero-order valence-electron chi connectivity index (χ0n) is 10.3. The number of nitrogens with zero attached hydrogens (tertiary/aromatic N) is 1. The Labute approximate surface area is 114 Å². The van der Waals surface area contributed by atoms with Crippen molar-refractivity contribution >= 4 is 32.2 Å². The van der Waals surface area contributed by atoms with Gasteiger partial charge in [0.25, 0.3) is 10.0 Å². The highest BCUT2D eigenvalue weighted by Crippen LogP contribution is 2.25. The molecule has 5 nitrogen and oxygen atoms in total. The summed E-state index contributed by atoms with van der Waals surface area (Å²) in [5, 5.41) is 0.214. The second-order valence-electron chi connectivity index (χ2n) is 3.96. The lowest BCUT2D eigenvalue weighted by molar-refractivity contribution is 0.571. The molecule has 0 unspecified atom stereocenters. The number of nitrogens with two attached hydrogens (primary N) is 1. The van der Waals surface area contributed by atoms with Crippen LogP contribution in [0.1, 0.15) is 10.6 Å². The Morgan fingerprint density at radius 1 is 1.37 bits per heavy atom. The van der Waals surface area contributed by atoms with Gasteiger partial charge in [0.15, 0.2) is 5.13 Å². The molecule has 0 amide bonds. The van der Waals surface area contributed by atoms with Crippen molar-refractivity contribution in [2.45, 2.75) is 18.7 Å². The maximum atomic E-state index is 13.6. The number of hydrogen-bond acceptors (Lipinski definition) is 5. The summed E-state index contributed by atoms with van der Waals surface area (Å²) in [6, 6.07) is 3.42. The van der Waals surface area contributed by atoms with Crippen molar-refractivity contribution < 1.29 is 12.8 Å². The molecule has 8 heteroatoms. The summed E-state index contributed by atoms with van der Waals surface area (Å²) in [4.78, 5) is 4.50. The van der Waals surface area contributed by atoms with Crippen molar-refractivity contribution in [1.82, 2.24) is 4.98 Å². The van der Waals surface area contributed by atoms with E-state index in [2.05, 4.69) is 9.71 Å². The van der Waals surface area contributed by atoms with Crippen LogP contribution in [0.25, 0.3) is 0 Å². The van der Waals surface area contributed by atoms with E-state index in [1.54, 1.807) is 6.92 Å². The molecule has 3 N–H and O–H groups in total. The van der Waals surface area contributed by atoms with E-state index in [-0.39, 0.29) is 10.8 Å². The van der Waals surface area contributed by atoms with Crippen molar-refractivity contribution in [3.8, 4) is 0 Å². The summed E-state index contributed by atoms with van der Waals surface area (Å²) in [7, 11) is -4.00. The molecule has 1 aromatic heterocycles. The highest BCUT2D eigenvalue weighted by atomic mass is 32.2. The third kappa shape index (κ3) is 2.85. The lowest BCUT2D eigenvalue weighted by Crippen LogP contribution is -2.14. The summed E-state index contributed by atoms with van der Waals surface area (Å²) in [5.41, 5.74) is 6.28. The number of hydrogen-bond donors (Lipinski definition) is 2.